The molecule has 1 heterocycles. The van der Waals surface area contributed by atoms with Gasteiger partial charge >= 0.3 is 6.09 Å². The lowest BCUT2D eigenvalue weighted by atomic mass is 9.73. The number of hydrogen-bond acceptors (Lipinski definition) is 5. The first kappa shape index (κ1) is 35.3. The van der Waals surface area contributed by atoms with Crippen molar-refractivity contribution in [2.45, 2.75) is 123 Å². The van der Waals surface area contributed by atoms with Crippen molar-refractivity contribution in [2.75, 3.05) is 0 Å². The first-order valence-corrected chi connectivity index (χ1v) is 16.0. The number of hydrogen-bond donors (Lipinski definition) is 3. The van der Waals surface area contributed by atoms with E-state index in [-0.39, 0.29) is 18.0 Å². The van der Waals surface area contributed by atoms with Gasteiger partial charge in [-0.1, -0.05) is 86.7 Å². The van der Waals surface area contributed by atoms with E-state index in [2.05, 4.69) is 48.7 Å². The maximum atomic E-state index is 14.7. The Hall–Kier alpha value is -3.16. The highest BCUT2D eigenvalue weighted by molar-refractivity contribution is 5.86. The number of carbonyl (C=O) groups is 2. The Kier molecular flexibility index (Phi) is 11.5. The highest BCUT2D eigenvalue weighted by atomic mass is 16.6. The number of alkyl carbamates (subject to hydrolysis) is 1. The molecule has 1 atom stereocenters. The summed E-state index contributed by atoms with van der Waals surface area (Å²) >= 11 is 0. The third-order valence-electron chi connectivity index (χ3n) is 8.23. The summed E-state index contributed by atoms with van der Waals surface area (Å²) in [5, 5.41) is 18.8. The normalized spacial score (nSPS) is 18.2. The van der Waals surface area contributed by atoms with Crippen LogP contribution in [-0.2, 0) is 22.4 Å². The van der Waals surface area contributed by atoms with Crippen LogP contribution in [0, 0.1) is 11.3 Å². The number of carbonyl (C=O) groups excluding carboxylic acids is 2. The van der Waals surface area contributed by atoms with Crippen molar-refractivity contribution in [1.29, 1.82) is 0 Å². The number of nitrogens with one attached hydrogen (secondary N) is 2. The fourth-order valence-corrected chi connectivity index (χ4v) is 6.49. The molecule has 242 valence electrons. The molecule has 1 aliphatic rings. The Balaban J connectivity index is 2.07. The fourth-order valence-electron chi connectivity index (χ4n) is 6.49. The van der Waals surface area contributed by atoms with Gasteiger partial charge in [-0.3, -0.25) is 4.79 Å². The van der Waals surface area contributed by atoms with E-state index in [1.54, 1.807) is 0 Å². The van der Waals surface area contributed by atoms with E-state index in [1.807, 2.05) is 97.0 Å². The molecule has 1 fully saturated rings. The van der Waals surface area contributed by atoms with Crippen molar-refractivity contribution in [3.63, 3.8) is 0 Å². The Bertz CT molecular complexity index is 1190. The van der Waals surface area contributed by atoms with Crippen LogP contribution < -0.4 is 10.6 Å². The smallest absolute Gasteiger partial charge is 0.408 e. The number of amides is 2. The van der Waals surface area contributed by atoms with Crippen molar-refractivity contribution in [1.82, 2.24) is 15.7 Å². The Morgan fingerprint density at radius 1 is 0.932 bits per heavy atom. The summed E-state index contributed by atoms with van der Waals surface area (Å²) in [6, 6.07) is 19.7. The summed E-state index contributed by atoms with van der Waals surface area (Å²) in [6.45, 7) is 17.8. The summed E-state index contributed by atoms with van der Waals surface area (Å²) in [6.07, 6.45) is 6.42. The molecule has 0 radical (unpaired) electrons. The molecule has 2 aromatic carbocycles. The van der Waals surface area contributed by atoms with E-state index in [1.165, 1.54) is 5.06 Å². The van der Waals surface area contributed by atoms with Crippen molar-refractivity contribution in [2.24, 2.45) is 11.3 Å². The summed E-state index contributed by atoms with van der Waals surface area (Å²) in [5.74, 6) is 0.240. The average Bonchev–Trinajstić information content (AvgIpc) is 2.89. The molecule has 44 heavy (non-hydrogen) atoms. The first-order chi connectivity index (χ1) is 20.4. The van der Waals surface area contributed by atoms with Gasteiger partial charge in [-0.05, 0) is 97.6 Å². The second kappa shape index (κ2) is 14.3. The number of hydroxylamine groups is 2. The predicted molar refractivity (Wildman–Crippen MR) is 177 cm³/mol. The average molecular weight is 606 g/mol. The molecule has 3 rings (SSSR count). The molecule has 0 bridgehead atoms. The van der Waals surface area contributed by atoms with Crippen molar-refractivity contribution in [3.8, 4) is 0 Å². The third-order valence-corrected chi connectivity index (χ3v) is 8.23. The minimum atomic E-state index is -0.946. The van der Waals surface area contributed by atoms with Gasteiger partial charge in [-0.2, -0.15) is 5.06 Å². The zero-order chi connectivity index (χ0) is 32.8. The van der Waals surface area contributed by atoms with E-state index in [9.17, 15) is 14.8 Å². The molecule has 0 saturated carbocycles. The maximum absolute atomic E-state index is 14.7. The first-order valence-electron chi connectivity index (χ1n) is 16.0. The van der Waals surface area contributed by atoms with Crippen molar-refractivity contribution >= 4 is 12.0 Å². The molecule has 2 amide bonds. The summed E-state index contributed by atoms with van der Waals surface area (Å²) in [7, 11) is 0. The van der Waals surface area contributed by atoms with Crippen LogP contribution in [0.15, 0.2) is 72.8 Å². The molecular weight excluding hydrogens is 550 g/mol. The summed E-state index contributed by atoms with van der Waals surface area (Å²) < 4.78 is 5.58. The van der Waals surface area contributed by atoms with Gasteiger partial charge in [0.2, 0.25) is 5.91 Å². The van der Waals surface area contributed by atoms with Crippen molar-refractivity contribution < 1.29 is 19.5 Å². The van der Waals surface area contributed by atoms with Crippen LogP contribution >= 0.6 is 0 Å². The lowest BCUT2D eigenvalue weighted by Gasteiger charge is -2.52. The van der Waals surface area contributed by atoms with Gasteiger partial charge in [0.15, 0.2) is 0 Å². The maximum Gasteiger partial charge on any atom is 0.408 e. The molecular formula is C37H55N3O4. The SMILES string of the molecule is CC(C)C[C@@H](/C=C/C(Cc1ccccc1)(Cc1ccccc1)C(=O)NC1CC(C)(C)N(O)C(C)(C)C1)NC(=O)OC(C)(C)C. The molecule has 0 unspecified atom stereocenters. The standard InChI is InChI=1S/C37H55N3O4/c1-27(2)22-30(39-33(42)44-34(3,4)5)20-21-37(23-28-16-12-10-13-17-28,24-29-18-14-11-15-19-29)32(41)38-31-25-35(6,7)40(43)36(8,9)26-31/h10-21,27,30-31,43H,22-26H2,1-9H3,(H,38,41)(H,39,42)/b21-20+/t30-/m1/s1. The number of piperidine rings is 1. The minimum absolute atomic E-state index is 0.0648. The monoisotopic (exact) mass is 605 g/mol. The van der Waals surface area contributed by atoms with Gasteiger partial charge < -0.3 is 20.6 Å². The molecule has 7 heteroatoms. The van der Waals surface area contributed by atoms with Gasteiger partial charge in [0.25, 0.3) is 0 Å². The van der Waals surface area contributed by atoms with Crippen LogP contribution in [0.1, 0.15) is 92.7 Å². The van der Waals surface area contributed by atoms with E-state index in [0.29, 0.717) is 38.0 Å². The van der Waals surface area contributed by atoms with E-state index in [4.69, 9.17) is 4.74 Å². The number of nitrogens with zero attached hydrogens (tertiary/aromatic N) is 1. The molecule has 0 aromatic heterocycles. The molecule has 3 N–H and O–H groups in total. The largest absolute Gasteiger partial charge is 0.444 e. The van der Waals surface area contributed by atoms with Crippen LogP contribution in [0.25, 0.3) is 0 Å². The highest BCUT2D eigenvalue weighted by Gasteiger charge is 2.47. The van der Waals surface area contributed by atoms with Gasteiger partial charge in [0.05, 0.1) is 11.5 Å². The zero-order valence-corrected chi connectivity index (χ0v) is 28.3. The lowest BCUT2D eigenvalue weighted by molar-refractivity contribution is -0.246. The predicted octanol–water partition coefficient (Wildman–Crippen LogP) is 7.48. The van der Waals surface area contributed by atoms with E-state index >= 15 is 0 Å². The number of rotatable bonds is 11. The van der Waals surface area contributed by atoms with E-state index < -0.39 is 28.2 Å². The summed E-state index contributed by atoms with van der Waals surface area (Å²) in [5.41, 5.74) is -0.471. The Morgan fingerprint density at radius 3 is 1.84 bits per heavy atom. The number of ether oxygens (including phenoxy) is 1. The van der Waals surface area contributed by atoms with Gasteiger partial charge in [-0.15, -0.1) is 0 Å². The van der Waals surface area contributed by atoms with Crippen LogP contribution in [0.2, 0.25) is 0 Å². The van der Waals surface area contributed by atoms with Gasteiger partial charge in [-0.25, -0.2) is 4.79 Å². The highest BCUT2D eigenvalue weighted by Crippen LogP contribution is 2.38. The fraction of sp³-hybridized carbons (Fsp3) is 0.568. The minimum Gasteiger partial charge on any atom is -0.444 e. The van der Waals surface area contributed by atoms with Gasteiger partial charge in [0, 0.05) is 17.1 Å². The molecule has 7 nitrogen and oxygen atoms in total. The van der Waals surface area contributed by atoms with Crippen molar-refractivity contribution in [3.05, 3.63) is 83.9 Å². The van der Waals surface area contributed by atoms with E-state index in [0.717, 1.165) is 11.1 Å². The number of benzene rings is 2. The third kappa shape index (κ3) is 10.2. The molecule has 2 aromatic rings. The molecule has 1 saturated heterocycles. The van der Waals surface area contributed by atoms with Crippen LogP contribution in [0.5, 0.6) is 0 Å². The lowest BCUT2D eigenvalue weighted by Crippen LogP contribution is -2.63. The molecule has 0 aliphatic carbocycles. The van der Waals surface area contributed by atoms with Crippen LogP contribution in [-0.4, -0.2) is 51.0 Å². The van der Waals surface area contributed by atoms with Gasteiger partial charge in [0.1, 0.15) is 5.60 Å². The Morgan fingerprint density at radius 2 is 1.41 bits per heavy atom. The summed E-state index contributed by atoms with van der Waals surface area (Å²) in [4.78, 5) is 27.6. The van der Waals surface area contributed by atoms with Crippen LogP contribution in [0.4, 0.5) is 4.79 Å². The van der Waals surface area contributed by atoms with Crippen LogP contribution in [0.3, 0.4) is 0 Å². The molecule has 0 spiro atoms. The molecule has 1 aliphatic heterocycles. The Labute approximate surface area is 265 Å². The second-order valence-electron chi connectivity index (χ2n) is 15.2. The second-order valence-corrected chi connectivity index (χ2v) is 15.2. The topological polar surface area (TPSA) is 90.9 Å². The quantitative estimate of drug-likeness (QED) is 0.231. The zero-order valence-electron chi connectivity index (χ0n) is 28.3.